The van der Waals surface area contributed by atoms with Gasteiger partial charge in [-0.3, -0.25) is 0 Å². The maximum absolute atomic E-state index is 12.5. The molecule has 2 rings (SSSR count). The average Bonchev–Trinajstić information content (AvgIpc) is 2.77. The highest BCUT2D eigenvalue weighted by Crippen LogP contribution is 2.38. The number of rotatable bonds is 13. The Hall–Kier alpha value is -3.08. The van der Waals surface area contributed by atoms with E-state index >= 15 is 0 Å². The highest BCUT2D eigenvalue weighted by Gasteiger charge is 2.18. The highest BCUT2D eigenvalue weighted by molar-refractivity contribution is 5.91. The number of carbonyl (C=O) groups is 2. The number of hydrogen-bond acceptors (Lipinski definition) is 5. The normalized spacial score (nSPS) is 10.3. The van der Waals surface area contributed by atoms with Crippen LogP contribution in [0.25, 0.3) is 0 Å². The van der Waals surface area contributed by atoms with E-state index in [9.17, 15) is 9.59 Å². The van der Waals surface area contributed by atoms with Crippen LogP contribution >= 0.6 is 0 Å². The molecule has 160 valence electrons. The zero-order valence-corrected chi connectivity index (χ0v) is 17.6. The van der Waals surface area contributed by atoms with Gasteiger partial charge in [-0.05, 0) is 30.7 Å². The predicted molar refractivity (Wildman–Crippen MR) is 117 cm³/mol. The molecule has 2 aromatic rings. The fourth-order valence-electron chi connectivity index (χ4n) is 2.92. The lowest BCUT2D eigenvalue weighted by molar-refractivity contribution is -0.129. The lowest BCUT2D eigenvalue weighted by Crippen LogP contribution is -2.11. The molecule has 30 heavy (non-hydrogen) atoms. The first kappa shape index (κ1) is 23.2. The maximum atomic E-state index is 12.5. The summed E-state index contributed by atoms with van der Waals surface area (Å²) < 4.78 is 16.7. The van der Waals surface area contributed by atoms with E-state index in [-0.39, 0.29) is 17.2 Å². The lowest BCUT2D eigenvalue weighted by Gasteiger charge is -2.15. The van der Waals surface area contributed by atoms with Gasteiger partial charge in [0.05, 0.1) is 12.2 Å². The molecule has 0 unspecified atom stereocenters. The van der Waals surface area contributed by atoms with Crippen LogP contribution in [-0.2, 0) is 4.79 Å². The molecule has 5 nitrogen and oxygen atoms in total. The van der Waals surface area contributed by atoms with Crippen molar-refractivity contribution >= 4 is 11.9 Å². The van der Waals surface area contributed by atoms with Gasteiger partial charge in [0.2, 0.25) is 5.75 Å². The summed E-state index contributed by atoms with van der Waals surface area (Å²) in [6, 6.07) is 13.5. The van der Waals surface area contributed by atoms with Gasteiger partial charge in [0.25, 0.3) is 0 Å². The number of carbonyl (C=O) groups excluding carboxylic acids is 2. The van der Waals surface area contributed by atoms with Crippen molar-refractivity contribution in [2.45, 2.75) is 51.9 Å². The molecule has 0 amide bonds. The maximum Gasteiger partial charge on any atom is 0.343 e. The Balaban J connectivity index is 2.04. The van der Waals surface area contributed by atoms with Crippen LogP contribution < -0.4 is 14.2 Å². The molecule has 5 heteroatoms. The van der Waals surface area contributed by atoms with Gasteiger partial charge in [-0.2, -0.15) is 0 Å². The molecule has 0 spiro atoms. The van der Waals surface area contributed by atoms with Crippen LogP contribution in [0.5, 0.6) is 17.2 Å². The predicted octanol–water partition coefficient (Wildman–Crippen LogP) is 6.13. The van der Waals surface area contributed by atoms with E-state index in [4.69, 9.17) is 14.2 Å². The van der Waals surface area contributed by atoms with Crippen LogP contribution in [0.2, 0.25) is 0 Å². The van der Waals surface area contributed by atoms with Crippen LogP contribution in [0, 0.1) is 0 Å². The summed E-state index contributed by atoms with van der Waals surface area (Å²) in [6.45, 7) is 6.05. The van der Waals surface area contributed by atoms with Crippen molar-refractivity contribution < 1.29 is 23.8 Å². The summed E-state index contributed by atoms with van der Waals surface area (Å²) >= 11 is 0. The third-order valence-corrected chi connectivity index (χ3v) is 4.53. The van der Waals surface area contributed by atoms with Gasteiger partial charge in [-0.25, -0.2) is 9.59 Å². The van der Waals surface area contributed by atoms with Gasteiger partial charge < -0.3 is 14.2 Å². The van der Waals surface area contributed by atoms with Crippen LogP contribution in [0.4, 0.5) is 0 Å². The minimum absolute atomic E-state index is 0.196. The summed E-state index contributed by atoms with van der Waals surface area (Å²) in [5, 5.41) is 0. The van der Waals surface area contributed by atoms with Crippen molar-refractivity contribution in [3.05, 3.63) is 66.7 Å². The van der Waals surface area contributed by atoms with E-state index in [0.29, 0.717) is 12.2 Å². The van der Waals surface area contributed by atoms with E-state index in [1.54, 1.807) is 42.5 Å². The van der Waals surface area contributed by atoms with Gasteiger partial charge in [-0.1, -0.05) is 76.3 Å². The SMILES string of the molecule is C=CC(=O)Oc1cccc(OC(=O)c2ccccc2)c1OCCCCCCCCC. The molecule has 0 aliphatic heterocycles. The molecule has 0 radical (unpaired) electrons. The first-order chi connectivity index (χ1) is 14.7. The fraction of sp³-hybridized carbons (Fsp3) is 0.360. The Bertz CT molecular complexity index is 814. The molecular formula is C25H30O5. The number of benzene rings is 2. The zero-order valence-electron chi connectivity index (χ0n) is 17.6. The Labute approximate surface area is 178 Å². The topological polar surface area (TPSA) is 61.8 Å². The van der Waals surface area contributed by atoms with Crippen LogP contribution in [-0.4, -0.2) is 18.5 Å². The first-order valence-corrected chi connectivity index (χ1v) is 10.5. The van der Waals surface area contributed by atoms with Crippen molar-refractivity contribution in [2.24, 2.45) is 0 Å². The number of esters is 2. The van der Waals surface area contributed by atoms with Crippen LogP contribution in [0.1, 0.15) is 62.2 Å². The van der Waals surface area contributed by atoms with Crippen molar-refractivity contribution in [1.82, 2.24) is 0 Å². The second kappa shape index (κ2) is 13.2. The quantitative estimate of drug-likeness (QED) is 0.172. The summed E-state index contributed by atoms with van der Waals surface area (Å²) in [4.78, 5) is 24.1. The highest BCUT2D eigenvalue weighted by atomic mass is 16.6. The molecule has 0 aromatic heterocycles. The molecule has 2 aromatic carbocycles. The number of ether oxygens (including phenoxy) is 3. The van der Waals surface area contributed by atoms with E-state index < -0.39 is 11.9 Å². The van der Waals surface area contributed by atoms with Crippen LogP contribution in [0.3, 0.4) is 0 Å². The molecule has 0 fully saturated rings. The van der Waals surface area contributed by atoms with Gasteiger partial charge in [-0.15, -0.1) is 0 Å². The van der Waals surface area contributed by atoms with Crippen molar-refractivity contribution in [3.8, 4) is 17.2 Å². The largest absolute Gasteiger partial charge is 0.486 e. The van der Waals surface area contributed by atoms with Crippen molar-refractivity contribution in [2.75, 3.05) is 6.61 Å². The van der Waals surface area contributed by atoms with Gasteiger partial charge in [0.15, 0.2) is 11.5 Å². The van der Waals surface area contributed by atoms with E-state index in [1.165, 1.54) is 25.7 Å². The average molecular weight is 411 g/mol. The molecule has 0 saturated carbocycles. The van der Waals surface area contributed by atoms with Gasteiger partial charge in [0, 0.05) is 6.08 Å². The minimum Gasteiger partial charge on any atom is -0.486 e. The molecular weight excluding hydrogens is 380 g/mol. The second-order valence-corrected chi connectivity index (χ2v) is 6.93. The summed E-state index contributed by atoms with van der Waals surface area (Å²) in [5.74, 6) is -0.476. The first-order valence-electron chi connectivity index (χ1n) is 10.5. The monoisotopic (exact) mass is 410 g/mol. The van der Waals surface area contributed by atoms with Crippen molar-refractivity contribution in [3.63, 3.8) is 0 Å². The minimum atomic E-state index is -0.609. The molecule has 0 bridgehead atoms. The van der Waals surface area contributed by atoms with Crippen LogP contribution in [0.15, 0.2) is 61.2 Å². The third kappa shape index (κ3) is 7.74. The third-order valence-electron chi connectivity index (χ3n) is 4.53. The number of unbranched alkanes of at least 4 members (excludes halogenated alkanes) is 6. The number of hydrogen-bond donors (Lipinski definition) is 0. The van der Waals surface area contributed by atoms with Gasteiger partial charge >= 0.3 is 11.9 Å². The lowest BCUT2D eigenvalue weighted by atomic mass is 10.1. The number of para-hydroxylation sites is 1. The Kier molecular flexibility index (Phi) is 10.2. The van der Waals surface area contributed by atoms with E-state index in [1.807, 2.05) is 6.07 Å². The zero-order chi connectivity index (χ0) is 21.6. The van der Waals surface area contributed by atoms with E-state index in [2.05, 4.69) is 13.5 Å². The Morgan fingerprint density at radius 1 is 0.833 bits per heavy atom. The molecule has 0 heterocycles. The molecule has 0 aliphatic rings. The van der Waals surface area contributed by atoms with Crippen molar-refractivity contribution in [1.29, 1.82) is 0 Å². The molecule has 0 N–H and O–H groups in total. The molecule has 0 atom stereocenters. The standard InChI is InChI=1S/C25H30O5/c1-3-5-6-7-8-9-13-19-28-24-21(29-23(26)4-2)17-14-18-22(24)30-25(27)20-15-11-10-12-16-20/h4,10-12,14-18H,2-3,5-9,13,19H2,1H3. The Morgan fingerprint density at radius 3 is 2.13 bits per heavy atom. The summed E-state index contributed by atoms with van der Waals surface area (Å²) in [7, 11) is 0. The van der Waals surface area contributed by atoms with E-state index in [0.717, 1.165) is 25.3 Å². The smallest absolute Gasteiger partial charge is 0.343 e. The molecule has 0 saturated heterocycles. The summed E-state index contributed by atoms with van der Waals surface area (Å²) in [5.41, 5.74) is 0.420. The summed E-state index contributed by atoms with van der Waals surface area (Å²) in [6.07, 6.45) is 9.13. The second-order valence-electron chi connectivity index (χ2n) is 6.93. The fourth-order valence-corrected chi connectivity index (χ4v) is 2.92. The Morgan fingerprint density at radius 2 is 1.47 bits per heavy atom. The molecule has 0 aliphatic carbocycles. The van der Waals surface area contributed by atoms with Gasteiger partial charge in [0.1, 0.15) is 0 Å².